The van der Waals surface area contributed by atoms with Crippen LogP contribution in [0, 0.1) is 6.92 Å². The maximum absolute atomic E-state index is 10.4. The zero-order valence-electron chi connectivity index (χ0n) is 11.2. The smallest absolute Gasteiger partial charge is 0.303 e. The summed E-state index contributed by atoms with van der Waals surface area (Å²) in [7, 11) is 3.27. The van der Waals surface area contributed by atoms with E-state index in [2.05, 4.69) is 0 Å². The zero-order chi connectivity index (χ0) is 13.5. The molecule has 1 rings (SSSR count). The predicted octanol–water partition coefficient (Wildman–Crippen LogP) is 2.81. The Hall–Kier alpha value is -1.71. The van der Waals surface area contributed by atoms with Gasteiger partial charge in [-0.3, -0.25) is 4.79 Å². The second-order valence-electron chi connectivity index (χ2n) is 4.19. The highest BCUT2D eigenvalue weighted by Gasteiger charge is 2.10. The van der Waals surface area contributed by atoms with Crippen LogP contribution in [0.1, 0.15) is 30.4 Å². The van der Waals surface area contributed by atoms with E-state index < -0.39 is 5.97 Å². The Morgan fingerprint density at radius 1 is 1.22 bits per heavy atom. The first-order chi connectivity index (χ1) is 8.60. The molecule has 0 heterocycles. The molecule has 0 bridgehead atoms. The minimum atomic E-state index is -0.743. The maximum Gasteiger partial charge on any atom is 0.303 e. The van der Waals surface area contributed by atoms with Gasteiger partial charge in [0.25, 0.3) is 0 Å². The number of aliphatic carboxylic acids is 1. The fourth-order valence-electron chi connectivity index (χ4n) is 2.02. The van der Waals surface area contributed by atoms with E-state index in [-0.39, 0.29) is 6.42 Å². The Labute approximate surface area is 108 Å². The second-order valence-corrected chi connectivity index (χ2v) is 4.19. The van der Waals surface area contributed by atoms with E-state index in [0.717, 1.165) is 35.5 Å². The van der Waals surface area contributed by atoms with E-state index in [4.69, 9.17) is 14.6 Å². The Balaban J connectivity index is 2.71. The van der Waals surface area contributed by atoms with Crippen molar-refractivity contribution in [1.29, 1.82) is 0 Å². The number of carboxylic acids is 1. The lowest BCUT2D eigenvalue weighted by atomic mass is 10.0. The summed E-state index contributed by atoms with van der Waals surface area (Å²) in [6.07, 6.45) is 2.57. The van der Waals surface area contributed by atoms with Gasteiger partial charge in [-0.15, -0.1) is 0 Å². The summed E-state index contributed by atoms with van der Waals surface area (Å²) in [5, 5.41) is 8.58. The third-order valence-corrected chi connectivity index (χ3v) is 2.95. The summed E-state index contributed by atoms with van der Waals surface area (Å²) in [5.74, 6) is 0.902. The molecule has 0 aliphatic rings. The first kappa shape index (κ1) is 14.4. The van der Waals surface area contributed by atoms with Crippen molar-refractivity contribution in [3.63, 3.8) is 0 Å². The number of hydrogen-bond acceptors (Lipinski definition) is 3. The van der Waals surface area contributed by atoms with Crippen molar-refractivity contribution < 1.29 is 19.4 Å². The standard InChI is InChI=1S/C14H20O4/c1-10-12(17-2)9-8-11(14(10)18-3)6-4-5-7-13(15)16/h8-9H,4-7H2,1-3H3,(H,15,16). The number of carboxylic acid groups (broad SMARTS) is 1. The van der Waals surface area contributed by atoms with Gasteiger partial charge in [-0.25, -0.2) is 0 Å². The molecule has 4 heteroatoms. The largest absolute Gasteiger partial charge is 0.496 e. The predicted molar refractivity (Wildman–Crippen MR) is 69.5 cm³/mol. The van der Waals surface area contributed by atoms with Crippen molar-refractivity contribution in [2.45, 2.75) is 32.6 Å². The van der Waals surface area contributed by atoms with Crippen LogP contribution in [0.25, 0.3) is 0 Å². The average molecular weight is 252 g/mol. The summed E-state index contributed by atoms with van der Waals surface area (Å²) >= 11 is 0. The number of benzene rings is 1. The van der Waals surface area contributed by atoms with Gasteiger partial charge in [0.05, 0.1) is 14.2 Å². The lowest BCUT2D eigenvalue weighted by Crippen LogP contribution is -1.99. The van der Waals surface area contributed by atoms with Crippen molar-refractivity contribution in [3.05, 3.63) is 23.3 Å². The molecule has 4 nitrogen and oxygen atoms in total. The lowest BCUT2D eigenvalue weighted by molar-refractivity contribution is -0.137. The Kier molecular flexibility index (Phi) is 5.49. The summed E-state index contributed by atoms with van der Waals surface area (Å²) in [6, 6.07) is 3.90. The highest BCUT2D eigenvalue weighted by molar-refractivity contribution is 5.66. The number of aryl methyl sites for hydroxylation is 1. The van der Waals surface area contributed by atoms with Crippen LogP contribution in [-0.2, 0) is 11.2 Å². The van der Waals surface area contributed by atoms with Crippen LogP contribution in [0.2, 0.25) is 0 Å². The van der Waals surface area contributed by atoms with Crippen LogP contribution in [-0.4, -0.2) is 25.3 Å². The summed E-state index contributed by atoms with van der Waals surface area (Å²) in [6.45, 7) is 1.96. The molecule has 0 unspecified atom stereocenters. The molecule has 18 heavy (non-hydrogen) atoms. The molecule has 0 aromatic heterocycles. The van der Waals surface area contributed by atoms with Crippen molar-refractivity contribution in [2.24, 2.45) is 0 Å². The van der Waals surface area contributed by atoms with Crippen molar-refractivity contribution >= 4 is 5.97 Å². The van der Waals surface area contributed by atoms with E-state index >= 15 is 0 Å². The third kappa shape index (κ3) is 3.65. The minimum absolute atomic E-state index is 0.220. The van der Waals surface area contributed by atoms with Crippen molar-refractivity contribution in [1.82, 2.24) is 0 Å². The van der Waals surface area contributed by atoms with Gasteiger partial charge in [0.2, 0.25) is 0 Å². The zero-order valence-corrected chi connectivity index (χ0v) is 11.2. The van der Waals surface area contributed by atoms with Crippen LogP contribution in [0.3, 0.4) is 0 Å². The summed E-state index contributed by atoms with van der Waals surface area (Å²) < 4.78 is 10.6. The van der Waals surface area contributed by atoms with Gasteiger partial charge >= 0.3 is 5.97 Å². The lowest BCUT2D eigenvalue weighted by Gasteiger charge is -2.14. The Morgan fingerprint density at radius 3 is 2.50 bits per heavy atom. The normalized spacial score (nSPS) is 10.2. The Morgan fingerprint density at radius 2 is 1.94 bits per heavy atom. The van der Waals surface area contributed by atoms with Gasteiger partial charge in [0, 0.05) is 12.0 Å². The van der Waals surface area contributed by atoms with E-state index in [0.29, 0.717) is 6.42 Å². The molecule has 0 saturated carbocycles. The Bertz CT molecular complexity index is 413. The van der Waals surface area contributed by atoms with E-state index in [1.54, 1.807) is 14.2 Å². The molecule has 0 aliphatic carbocycles. The number of methoxy groups -OCH3 is 2. The van der Waals surface area contributed by atoms with Gasteiger partial charge in [0.15, 0.2) is 0 Å². The molecule has 0 aliphatic heterocycles. The van der Waals surface area contributed by atoms with Crippen molar-refractivity contribution in [3.8, 4) is 11.5 Å². The molecule has 1 aromatic carbocycles. The molecule has 1 N–H and O–H groups in total. The van der Waals surface area contributed by atoms with Gasteiger partial charge in [-0.05, 0) is 37.8 Å². The molecule has 1 aromatic rings. The van der Waals surface area contributed by atoms with Crippen LogP contribution >= 0.6 is 0 Å². The highest BCUT2D eigenvalue weighted by atomic mass is 16.5. The van der Waals surface area contributed by atoms with Crippen LogP contribution < -0.4 is 9.47 Å². The summed E-state index contributed by atoms with van der Waals surface area (Å²) in [5.41, 5.74) is 2.08. The average Bonchev–Trinajstić information content (AvgIpc) is 2.34. The first-order valence-electron chi connectivity index (χ1n) is 6.02. The number of unbranched alkanes of at least 4 members (excludes halogenated alkanes) is 1. The molecule has 100 valence electrons. The molecule has 0 atom stereocenters. The van der Waals surface area contributed by atoms with Gasteiger partial charge in [-0.1, -0.05) is 6.07 Å². The number of rotatable bonds is 7. The first-order valence-corrected chi connectivity index (χ1v) is 6.02. The fraction of sp³-hybridized carbons (Fsp3) is 0.500. The summed E-state index contributed by atoms with van der Waals surface area (Å²) in [4.78, 5) is 10.4. The van der Waals surface area contributed by atoms with Crippen LogP contribution in [0.15, 0.2) is 12.1 Å². The molecule has 0 saturated heterocycles. The van der Waals surface area contributed by atoms with Gasteiger partial charge in [-0.2, -0.15) is 0 Å². The molecule has 0 fully saturated rings. The van der Waals surface area contributed by atoms with Crippen molar-refractivity contribution in [2.75, 3.05) is 14.2 Å². The number of hydrogen-bond donors (Lipinski definition) is 1. The van der Waals surface area contributed by atoms with Crippen LogP contribution in [0.5, 0.6) is 11.5 Å². The van der Waals surface area contributed by atoms with Crippen LogP contribution in [0.4, 0.5) is 0 Å². The topological polar surface area (TPSA) is 55.8 Å². The van der Waals surface area contributed by atoms with E-state index in [1.165, 1.54) is 0 Å². The fourth-order valence-corrected chi connectivity index (χ4v) is 2.02. The highest BCUT2D eigenvalue weighted by Crippen LogP contribution is 2.32. The monoisotopic (exact) mass is 252 g/mol. The maximum atomic E-state index is 10.4. The second kappa shape index (κ2) is 6.89. The number of carbonyl (C=O) groups is 1. The van der Waals surface area contributed by atoms with E-state index in [9.17, 15) is 4.79 Å². The molecule has 0 amide bonds. The molecule has 0 radical (unpaired) electrons. The quantitative estimate of drug-likeness (QED) is 0.758. The number of ether oxygens (including phenoxy) is 2. The van der Waals surface area contributed by atoms with Gasteiger partial charge < -0.3 is 14.6 Å². The molecular weight excluding hydrogens is 232 g/mol. The van der Waals surface area contributed by atoms with E-state index in [1.807, 2.05) is 19.1 Å². The molecular formula is C14H20O4. The molecule has 0 spiro atoms. The third-order valence-electron chi connectivity index (χ3n) is 2.95. The SMILES string of the molecule is COc1ccc(CCCCC(=O)O)c(OC)c1C. The minimum Gasteiger partial charge on any atom is -0.496 e. The van der Waals surface area contributed by atoms with Gasteiger partial charge in [0.1, 0.15) is 11.5 Å².